The summed E-state index contributed by atoms with van der Waals surface area (Å²) in [5, 5.41) is 0. The van der Waals surface area contributed by atoms with Crippen molar-refractivity contribution in [1.29, 1.82) is 0 Å². The van der Waals surface area contributed by atoms with Crippen LogP contribution < -0.4 is 0 Å². The lowest BCUT2D eigenvalue weighted by atomic mass is 10.1. The molecular formula is C13H27NOS. The first-order valence-corrected chi connectivity index (χ1v) is 7.63. The zero-order chi connectivity index (χ0) is 12.6. The SMILES string of the molecule is CSCCCC(=O)N(CC(C)C)CC(C)C. The van der Waals surface area contributed by atoms with E-state index in [0.29, 0.717) is 24.2 Å². The summed E-state index contributed by atoms with van der Waals surface area (Å²) >= 11 is 1.81. The Morgan fingerprint density at radius 3 is 2.00 bits per heavy atom. The first-order chi connectivity index (χ1) is 7.47. The maximum Gasteiger partial charge on any atom is 0.222 e. The van der Waals surface area contributed by atoms with E-state index in [1.54, 1.807) is 0 Å². The van der Waals surface area contributed by atoms with E-state index in [1.807, 2.05) is 16.7 Å². The number of rotatable bonds is 8. The second-order valence-electron chi connectivity index (χ2n) is 5.18. The zero-order valence-electron chi connectivity index (χ0n) is 11.5. The van der Waals surface area contributed by atoms with Crippen molar-refractivity contribution in [3.63, 3.8) is 0 Å². The molecule has 0 atom stereocenters. The number of nitrogens with zero attached hydrogens (tertiary/aromatic N) is 1. The van der Waals surface area contributed by atoms with Gasteiger partial charge in [-0.2, -0.15) is 11.8 Å². The Morgan fingerprint density at radius 2 is 1.62 bits per heavy atom. The summed E-state index contributed by atoms with van der Waals surface area (Å²) in [7, 11) is 0. The minimum Gasteiger partial charge on any atom is -0.342 e. The fourth-order valence-corrected chi connectivity index (χ4v) is 2.12. The van der Waals surface area contributed by atoms with Gasteiger partial charge in [-0.15, -0.1) is 0 Å². The molecule has 0 saturated heterocycles. The molecule has 0 aliphatic heterocycles. The number of hydrogen-bond donors (Lipinski definition) is 0. The van der Waals surface area contributed by atoms with Crippen molar-refractivity contribution < 1.29 is 4.79 Å². The molecule has 0 N–H and O–H groups in total. The lowest BCUT2D eigenvalue weighted by molar-refractivity contribution is -0.132. The Kier molecular flexibility index (Phi) is 8.81. The van der Waals surface area contributed by atoms with Gasteiger partial charge in [0.1, 0.15) is 0 Å². The largest absolute Gasteiger partial charge is 0.342 e. The molecule has 0 aliphatic carbocycles. The fraction of sp³-hybridized carbons (Fsp3) is 0.923. The van der Waals surface area contributed by atoms with E-state index in [0.717, 1.165) is 25.3 Å². The molecule has 3 heteroatoms. The van der Waals surface area contributed by atoms with Gasteiger partial charge in [-0.25, -0.2) is 0 Å². The minimum absolute atomic E-state index is 0.330. The van der Waals surface area contributed by atoms with Crippen molar-refractivity contribution in [2.24, 2.45) is 11.8 Å². The minimum atomic E-state index is 0.330. The first-order valence-electron chi connectivity index (χ1n) is 6.24. The van der Waals surface area contributed by atoms with Crippen LogP contribution in [-0.4, -0.2) is 35.9 Å². The topological polar surface area (TPSA) is 20.3 Å². The van der Waals surface area contributed by atoms with E-state index in [1.165, 1.54) is 0 Å². The Hall–Kier alpha value is -0.180. The number of hydrogen-bond acceptors (Lipinski definition) is 2. The van der Waals surface area contributed by atoms with Crippen LogP contribution in [0.15, 0.2) is 0 Å². The lowest BCUT2D eigenvalue weighted by Crippen LogP contribution is -2.36. The Labute approximate surface area is 105 Å². The molecule has 0 spiro atoms. The molecule has 0 aromatic carbocycles. The average Bonchev–Trinajstić information content (AvgIpc) is 2.15. The number of amides is 1. The maximum atomic E-state index is 12.0. The third-order valence-corrected chi connectivity index (χ3v) is 2.96. The molecule has 0 radical (unpaired) electrons. The van der Waals surface area contributed by atoms with Crippen molar-refractivity contribution in [3.8, 4) is 0 Å². The summed E-state index contributed by atoms with van der Waals surface area (Å²) in [5.41, 5.74) is 0. The van der Waals surface area contributed by atoms with Gasteiger partial charge in [0.05, 0.1) is 0 Å². The van der Waals surface area contributed by atoms with Crippen molar-refractivity contribution >= 4 is 17.7 Å². The second kappa shape index (κ2) is 8.91. The van der Waals surface area contributed by atoms with Crippen LogP contribution in [0.5, 0.6) is 0 Å². The summed E-state index contributed by atoms with van der Waals surface area (Å²) in [6.07, 6.45) is 3.80. The molecule has 0 heterocycles. The second-order valence-corrected chi connectivity index (χ2v) is 6.17. The van der Waals surface area contributed by atoms with Gasteiger partial charge in [-0.1, -0.05) is 27.7 Å². The first kappa shape index (κ1) is 15.8. The van der Waals surface area contributed by atoms with E-state index in [4.69, 9.17) is 0 Å². The molecule has 0 saturated carbocycles. The standard InChI is InChI=1S/C13H27NOS/c1-11(2)9-14(10-12(3)4)13(15)7-6-8-16-5/h11-12H,6-10H2,1-5H3. The van der Waals surface area contributed by atoms with E-state index in [-0.39, 0.29) is 0 Å². The van der Waals surface area contributed by atoms with E-state index in [2.05, 4.69) is 34.0 Å². The van der Waals surface area contributed by atoms with E-state index >= 15 is 0 Å². The molecule has 0 unspecified atom stereocenters. The van der Waals surface area contributed by atoms with Crippen LogP contribution in [0.1, 0.15) is 40.5 Å². The van der Waals surface area contributed by atoms with E-state index in [9.17, 15) is 4.79 Å². The molecule has 16 heavy (non-hydrogen) atoms. The number of thioether (sulfide) groups is 1. The molecule has 1 amide bonds. The van der Waals surface area contributed by atoms with Crippen LogP contribution in [0, 0.1) is 11.8 Å². The number of carbonyl (C=O) groups is 1. The van der Waals surface area contributed by atoms with Gasteiger partial charge in [0.2, 0.25) is 5.91 Å². The zero-order valence-corrected chi connectivity index (χ0v) is 12.3. The lowest BCUT2D eigenvalue weighted by Gasteiger charge is -2.26. The molecule has 0 aromatic heterocycles. The van der Waals surface area contributed by atoms with Gasteiger partial charge >= 0.3 is 0 Å². The summed E-state index contributed by atoms with van der Waals surface area (Å²) in [5.74, 6) is 2.53. The third kappa shape index (κ3) is 8.03. The van der Waals surface area contributed by atoms with Crippen LogP contribution in [0.2, 0.25) is 0 Å². The molecule has 0 bridgehead atoms. The van der Waals surface area contributed by atoms with E-state index < -0.39 is 0 Å². The average molecular weight is 245 g/mol. The molecular weight excluding hydrogens is 218 g/mol. The van der Waals surface area contributed by atoms with Gasteiger partial charge in [-0.3, -0.25) is 4.79 Å². The van der Waals surface area contributed by atoms with Crippen molar-refractivity contribution in [3.05, 3.63) is 0 Å². The Morgan fingerprint density at radius 1 is 1.12 bits per heavy atom. The van der Waals surface area contributed by atoms with Crippen molar-refractivity contribution in [2.75, 3.05) is 25.1 Å². The monoisotopic (exact) mass is 245 g/mol. The van der Waals surface area contributed by atoms with Crippen molar-refractivity contribution in [2.45, 2.75) is 40.5 Å². The predicted molar refractivity (Wildman–Crippen MR) is 73.9 cm³/mol. The smallest absolute Gasteiger partial charge is 0.222 e. The van der Waals surface area contributed by atoms with Gasteiger partial charge in [-0.05, 0) is 30.3 Å². The molecule has 0 aromatic rings. The summed E-state index contributed by atoms with van der Waals surface area (Å²) < 4.78 is 0. The molecule has 0 aliphatic rings. The van der Waals surface area contributed by atoms with Crippen LogP contribution in [0.25, 0.3) is 0 Å². The Bertz CT molecular complexity index is 182. The maximum absolute atomic E-state index is 12.0. The summed E-state index contributed by atoms with van der Waals surface area (Å²) in [4.78, 5) is 14.0. The summed E-state index contributed by atoms with van der Waals surface area (Å²) in [6.45, 7) is 10.5. The van der Waals surface area contributed by atoms with Crippen LogP contribution in [0.4, 0.5) is 0 Å². The van der Waals surface area contributed by atoms with Gasteiger partial charge in [0.15, 0.2) is 0 Å². The highest BCUT2D eigenvalue weighted by molar-refractivity contribution is 7.98. The highest BCUT2D eigenvalue weighted by Crippen LogP contribution is 2.08. The Balaban J connectivity index is 4.10. The van der Waals surface area contributed by atoms with Crippen LogP contribution in [-0.2, 0) is 4.79 Å². The summed E-state index contributed by atoms with van der Waals surface area (Å²) in [6, 6.07) is 0. The van der Waals surface area contributed by atoms with Gasteiger partial charge in [0.25, 0.3) is 0 Å². The van der Waals surface area contributed by atoms with Crippen LogP contribution >= 0.6 is 11.8 Å². The predicted octanol–water partition coefficient (Wildman–Crippen LogP) is 3.27. The van der Waals surface area contributed by atoms with Gasteiger partial charge in [0, 0.05) is 19.5 Å². The molecule has 2 nitrogen and oxygen atoms in total. The highest BCUT2D eigenvalue weighted by atomic mass is 32.2. The highest BCUT2D eigenvalue weighted by Gasteiger charge is 2.15. The number of carbonyl (C=O) groups excluding carboxylic acids is 1. The van der Waals surface area contributed by atoms with Crippen LogP contribution in [0.3, 0.4) is 0 Å². The van der Waals surface area contributed by atoms with Gasteiger partial charge < -0.3 is 4.90 Å². The third-order valence-electron chi connectivity index (χ3n) is 2.26. The fourth-order valence-electron chi connectivity index (χ4n) is 1.69. The molecule has 0 rings (SSSR count). The van der Waals surface area contributed by atoms with Crippen molar-refractivity contribution in [1.82, 2.24) is 4.90 Å². The normalized spacial score (nSPS) is 11.2. The molecule has 0 fully saturated rings. The quantitative estimate of drug-likeness (QED) is 0.612. The molecule has 96 valence electrons.